The van der Waals surface area contributed by atoms with E-state index in [2.05, 4.69) is 5.32 Å². The summed E-state index contributed by atoms with van der Waals surface area (Å²) in [6.45, 7) is 0.852. The number of hydrogen-bond donors (Lipinski definition) is 1. The molecule has 2 aromatic rings. The summed E-state index contributed by atoms with van der Waals surface area (Å²) in [5, 5.41) is 2.81. The second kappa shape index (κ2) is 8.66. The predicted octanol–water partition coefficient (Wildman–Crippen LogP) is 2.22. The average molecular weight is 409 g/mol. The molecule has 0 radical (unpaired) electrons. The highest BCUT2D eigenvalue weighted by Crippen LogP contribution is 2.21. The predicted molar refractivity (Wildman–Crippen MR) is 100 cm³/mol. The monoisotopic (exact) mass is 409 g/mol. The molecule has 2 amide bonds. The molecule has 9 heteroatoms. The summed E-state index contributed by atoms with van der Waals surface area (Å²) in [6, 6.07) is 11.8. The summed E-state index contributed by atoms with van der Waals surface area (Å²) in [5.74, 6) is -1.82. The van der Waals surface area contributed by atoms with Gasteiger partial charge in [0.15, 0.2) is 0 Å². The Bertz CT molecular complexity index is 931. The van der Waals surface area contributed by atoms with Gasteiger partial charge in [-0.05, 0) is 30.2 Å². The highest BCUT2D eigenvalue weighted by atomic mass is 32.2. The van der Waals surface area contributed by atoms with Crippen LogP contribution in [0.25, 0.3) is 0 Å². The number of carbonyl (C=O) groups excluding carboxylic acids is 1. The Labute approximate surface area is 162 Å². The maximum absolute atomic E-state index is 13.9. The lowest BCUT2D eigenvalue weighted by Crippen LogP contribution is -2.53. The fourth-order valence-electron chi connectivity index (χ4n) is 3.02. The smallest absolute Gasteiger partial charge is 0.317 e. The number of hydrogen-bond acceptors (Lipinski definition) is 3. The lowest BCUT2D eigenvalue weighted by Gasteiger charge is -2.34. The maximum Gasteiger partial charge on any atom is 0.317 e. The summed E-state index contributed by atoms with van der Waals surface area (Å²) >= 11 is 0. The van der Waals surface area contributed by atoms with Gasteiger partial charge in [0.25, 0.3) is 0 Å². The number of halogens is 2. The highest BCUT2D eigenvalue weighted by molar-refractivity contribution is 7.89. The molecule has 2 aromatic carbocycles. The van der Waals surface area contributed by atoms with Gasteiger partial charge in [-0.15, -0.1) is 0 Å². The molecule has 0 spiro atoms. The topological polar surface area (TPSA) is 69.7 Å². The van der Waals surface area contributed by atoms with Gasteiger partial charge in [0.1, 0.15) is 16.5 Å². The van der Waals surface area contributed by atoms with Gasteiger partial charge in [-0.3, -0.25) is 0 Å². The Morgan fingerprint density at radius 3 is 2.36 bits per heavy atom. The molecule has 1 fully saturated rings. The van der Waals surface area contributed by atoms with E-state index in [4.69, 9.17) is 0 Å². The van der Waals surface area contributed by atoms with E-state index in [1.807, 2.05) is 30.3 Å². The molecule has 0 aliphatic carbocycles. The van der Waals surface area contributed by atoms with Crippen molar-refractivity contribution in [3.8, 4) is 0 Å². The third-order valence-corrected chi connectivity index (χ3v) is 6.48. The molecular weight excluding hydrogens is 388 g/mol. The van der Waals surface area contributed by atoms with Gasteiger partial charge in [0.2, 0.25) is 10.0 Å². The van der Waals surface area contributed by atoms with Crippen LogP contribution in [0.3, 0.4) is 0 Å². The summed E-state index contributed by atoms with van der Waals surface area (Å²) in [5.41, 5.74) is 1.11. The van der Waals surface area contributed by atoms with Crippen molar-refractivity contribution >= 4 is 16.1 Å². The zero-order valence-corrected chi connectivity index (χ0v) is 16.0. The fourth-order valence-corrected chi connectivity index (χ4v) is 4.51. The number of nitrogens with one attached hydrogen (secondary N) is 1. The number of urea groups is 1. The van der Waals surface area contributed by atoms with Crippen molar-refractivity contribution in [3.05, 3.63) is 65.7 Å². The molecule has 6 nitrogen and oxygen atoms in total. The quantitative estimate of drug-likeness (QED) is 0.823. The SMILES string of the molecule is O=C(NCCc1ccccc1)N1CCN(S(=O)(=O)c2cc(F)ccc2F)CC1. The van der Waals surface area contributed by atoms with Crippen molar-refractivity contribution in [2.75, 3.05) is 32.7 Å². The van der Waals surface area contributed by atoms with Crippen LogP contribution in [0.4, 0.5) is 13.6 Å². The van der Waals surface area contributed by atoms with E-state index in [1.54, 1.807) is 0 Å². The van der Waals surface area contributed by atoms with Crippen molar-refractivity contribution in [1.29, 1.82) is 0 Å². The van der Waals surface area contributed by atoms with Crippen LogP contribution in [0.5, 0.6) is 0 Å². The van der Waals surface area contributed by atoms with Crippen molar-refractivity contribution in [3.63, 3.8) is 0 Å². The largest absolute Gasteiger partial charge is 0.338 e. The zero-order valence-electron chi connectivity index (χ0n) is 15.1. The minimum Gasteiger partial charge on any atom is -0.338 e. The highest BCUT2D eigenvalue weighted by Gasteiger charge is 2.32. The summed E-state index contributed by atoms with van der Waals surface area (Å²) in [7, 11) is -4.16. The molecule has 0 bridgehead atoms. The van der Waals surface area contributed by atoms with Crippen molar-refractivity contribution in [2.24, 2.45) is 0 Å². The second-order valence-electron chi connectivity index (χ2n) is 6.43. The van der Waals surface area contributed by atoms with Gasteiger partial charge >= 0.3 is 6.03 Å². The first-order chi connectivity index (χ1) is 13.4. The van der Waals surface area contributed by atoms with Crippen molar-refractivity contribution in [2.45, 2.75) is 11.3 Å². The minimum absolute atomic E-state index is 0.0182. The second-order valence-corrected chi connectivity index (χ2v) is 8.34. The molecule has 0 atom stereocenters. The van der Waals surface area contributed by atoms with Crippen LogP contribution in [0.2, 0.25) is 0 Å². The van der Waals surface area contributed by atoms with Crippen LogP contribution >= 0.6 is 0 Å². The number of nitrogens with zero attached hydrogens (tertiary/aromatic N) is 2. The molecular formula is C19H21F2N3O3S. The van der Waals surface area contributed by atoms with Crippen LogP contribution < -0.4 is 5.32 Å². The molecule has 0 unspecified atom stereocenters. The standard InChI is InChI=1S/C19H21F2N3O3S/c20-16-6-7-17(21)18(14-16)28(26,27)24-12-10-23(11-13-24)19(25)22-9-8-15-4-2-1-3-5-15/h1-7,14H,8-13H2,(H,22,25). The Morgan fingerprint density at radius 1 is 1.00 bits per heavy atom. The Hall–Kier alpha value is -2.52. The molecule has 0 saturated carbocycles. The molecule has 1 heterocycles. The van der Waals surface area contributed by atoms with E-state index in [0.29, 0.717) is 19.0 Å². The first-order valence-electron chi connectivity index (χ1n) is 8.90. The maximum atomic E-state index is 13.9. The average Bonchev–Trinajstić information content (AvgIpc) is 2.70. The molecule has 3 rings (SSSR count). The summed E-state index contributed by atoms with van der Waals surface area (Å²) in [6.07, 6.45) is 0.694. The normalized spacial score (nSPS) is 15.4. The molecule has 1 aliphatic rings. The van der Waals surface area contributed by atoms with E-state index in [-0.39, 0.29) is 32.2 Å². The molecule has 1 aliphatic heterocycles. The summed E-state index contributed by atoms with van der Waals surface area (Å²) in [4.78, 5) is 13.1. The summed E-state index contributed by atoms with van der Waals surface area (Å²) < 4.78 is 53.4. The lowest BCUT2D eigenvalue weighted by molar-refractivity contribution is 0.172. The minimum atomic E-state index is -4.16. The van der Waals surface area contributed by atoms with Crippen LogP contribution in [-0.4, -0.2) is 56.4 Å². The number of amides is 2. The van der Waals surface area contributed by atoms with E-state index < -0.39 is 26.6 Å². The van der Waals surface area contributed by atoms with Gasteiger partial charge < -0.3 is 10.2 Å². The van der Waals surface area contributed by atoms with E-state index >= 15 is 0 Å². The number of rotatable bonds is 5. The molecule has 0 aromatic heterocycles. The van der Waals surface area contributed by atoms with Crippen LogP contribution in [-0.2, 0) is 16.4 Å². The van der Waals surface area contributed by atoms with Gasteiger partial charge in [-0.25, -0.2) is 22.0 Å². The zero-order chi connectivity index (χ0) is 20.1. The number of carbonyl (C=O) groups is 1. The van der Waals surface area contributed by atoms with Gasteiger partial charge in [0, 0.05) is 32.7 Å². The van der Waals surface area contributed by atoms with E-state index in [0.717, 1.165) is 22.0 Å². The molecule has 150 valence electrons. The van der Waals surface area contributed by atoms with E-state index in [9.17, 15) is 22.0 Å². The Morgan fingerprint density at radius 2 is 1.68 bits per heavy atom. The first-order valence-corrected chi connectivity index (χ1v) is 10.3. The molecule has 1 saturated heterocycles. The van der Waals surface area contributed by atoms with Gasteiger partial charge in [0.05, 0.1) is 0 Å². The van der Waals surface area contributed by atoms with Gasteiger partial charge in [-0.2, -0.15) is 4.31 Å². The lowest BCUT2D eigenvalue weighted by atomic mass is 10.1. The van der Waals surface area contributed by atoms with Crippen LogP contribution in [0.15, 0.2) is 53.4 Å². The first kappa shape index (κ1) is 20.2. The number of piperazine rings is 1. The van der Waals surface area contributed by atoms with Crippen LogP contribution in [0, 0.1) is 11.6 Å². The third-order valence-electron chi connectivity index (χ3n) is 4.57. The van der Waals surface area contributed by atoms with Gasteiger partial charge in [-0.1, -0.05) is 30.3 Å². The van der Waals surface area contributed by atoms with Crippen molar-refractivity contribution in [1.82, 2.24) is 14.5 Å². The number of sulfonamides is 1. The fraction of sp³-hybridized carbons (Fsp3) is 0.316. The van der Waals surface area contributed by atoms with Crippen LogP contribution in [0.1, 0.15) is 5.56 Å². The Balaban J connectivity index is 1.53. The third kappa shape index (κ3) is 4.66. The molecule has 1 N–H and O–H groups in total. The van der Waals surface area contributed by atoms with E-state index in [1.165, 1.54) is 4.90 Å². The van der Waals surface area contributed by atoms with Crippen molar-refractivity contribution < 1.29 is 22.0 Å². The number of benzene rings is 2. The Kier molecular flexibility index (Phi) is 6.25. The molecule has 28 heavy (non-hydrogen) atoms.